The van der Waals surface area contributed by atoms with Gasteiger partial charge in [0.1, 0.15) is 5.76 Å². The number of rotatable bonds is 0. The third-order valence-corrected chi connectivity index (χ3v) is 2.21. The highest BCUT2D eigenvalue weighted by Gasteiger charge is 2.32. The molecule has 2 aliphatic rings. The van der Waals surface area contributed by atoms with Crippen molar-refractivity contribution < 1.29 is 9.53 Å². The average molecular weight is 153 g/mol. The predicted octanol–water partition coefficient (Wildman–Crippen LogP) is 1.50. The van der Waals surface area contributed by atoms with E-state index in [1.807, 2.05) is 13.0 Å². The van der Waals surface area contributed by atoms with Gasteiger partial charge in [0.2, 0.25) is 0 Å². The summed E-state index contributed by atoms with van der Waals surface area (Å²) in [5.74, 6) is 0.748. The number of fused-ring (bicyclic) bond motifs is 1. The fourth-order valence-electron chi connectivity index (χ4n) is 1.69. The molecule has 0 radical (unpaired) electrons. The molecule has 0 spiro atoms. The van der Waals surface area contributed by atoms with Gasteiger partial charge in [-0.25, -0.2) is 4.79 Å². The van der Waals surface area contributed by atoms with Gasteiger partial charge in [0.15, 0.2) is 0 Å². The molecule has 0 bridgehead atoms. The maximum atomic E-state index is 11.1. The van der Waals surface area contributed by atoms with Gasteiger partial charge in [-0.15, -0.1) is 0 Å². The lowest BCUT2D eigenvalue weighted by Gasteiger charge is -2.26. The van der Waals surface area contributed by atoms with Crippen LogP contribution in [0.25, 0.3) is 0 Å². The molecule has 0 aromatic heterocycles. The van der Waals surface area contributed by atoms with Gasteiger partial charge in [-0.1, -0.05) is 0 Å². The molecule has 1 atom stereocenters. The molecule has 1 fully saturated rings. The van der Waals surface area contributed by atoms with E-state index in [2.05, 4.69) is 0 Å². The zero-order valence-electron chi connectivity index (χ0n) is 6.54. The monoisotopic (exact) mass is 153 g/mol. The van der Waals surface area contributed by atoms with Crippen LogP contribution in [0.5, 0.6) is 0 Å². The normalized spacial score (nSPS) is 29.5. The SMILES string of the molecule is CC1=C[C@@H]2CCCN2C(=O)O1. The number of amides is 1. The summed E-state index contributed by atoms with van der Waals surface area (Å²) >= 11 is 0. The van der Waals surface area contributed by atoms with E-state index < -0.39 is 0 Å². The molecular formula is C8H11NO2. The molecule has 0 aliphatic carbocycles. The van der Waals surface area contributed by atoms with E-state index in [1.165, 1.54) is 0 Å². The van der Waals surface area contributed by atoms with Crippen LogP contribution in [-0.4, -0.2) is 23.6 Å². The summed E-state index contributed by atoms with van der Waals surface area (Å²) in [4.78, 5) is 12.9. The Balaban J connectivity index is 2.25. The van der Waals surface area contributed by atoms with Gasteiger partial charge >= 0.3 is 6.09 Å². The number of cyclic esters (lactones) is 1. The summed E-state index contributed by atoms with van der Waals surface area (Å²) in [6.07, 6.45) is 4.04. The fourth-order valence-corrected chi connectivity index (χ4v) is 1.69. The van der Waals surface area contributed by atoms with Gasteiger partial charge in [-0.05, 0) is 25.8 Å². The van der Waals surface area contributed by atoms with E-state index >= 15 is 0 Å². The Morgan fingerprint density at radius 3 is 3.36 bits per heavy atom. The van der Waals surface area contributed by atoms with Crippen LogP contribution in [-0.2, 0) is 4.74 Å². The second-order valence-corrected chi connectivity index (χ2v) is 3.05. The summed E-state index contributed by atoms with van der Waals surface area (Å²) in [5, 5.41) is 0. The third kappa shape index (κ3) is 1.00. The fraction of sp³-hybridized carbons (Fsp3) is 0.625. The van der Waals surface area contributed by atoms with Crippen molar-refractivity contribution in [3.05, 3.63) is 11.8 Å². The van der Waals surface area contributed by atoms with E-state index in [0.29, 0.717) is 6.04 Å². The smallest absolute Gasteiger partial charge is 0.415 e. The molecule has 0 N–H and O–H groups in total. The van der Waals surface area contributed by atoms with Crippen LogP contribution in [0.1, 0.15) is 19.8 Å². The maximum absolute atomic E-state index is 11.1. The molecule has 1 amide bonds. The summed E-state index contributed by atoms with van der Waals surface area (Å²) < 4.78 is 4.95. The summed E-state index contributed by atoms with van der Waals surface area (Å²) in [6, 6.07) is 0.316. The minimum absolute atomic E-state index is 0.174. The summed E-state index contributed by atoms with van der Waals surface area (Å²) in [6.45, 7) is 2.68. The first-order valence-corrected chi connectivity index (χ1v) is 3.94. The topological polar surface area (TPSA) is 29.5 Å². The number of ether oxygens (including phenoxy) is 1. The van der Waals surface area contributed by atoms with E-state index in [4.69, 9.17) is 4.74 Å². The lowest BCUT2D eigenvalue weighted by molar-refractivity contribution is 0.118. The number of carbonyl (C=O) groups excluding carboxylic acids is 1. The van der Waals surface area contributed by atoms with Crippen molar-refractivity contribution in [2.75, 3.05) is 6.54 Å². The first kappa shape index (κ1) is 6.70. The standard InChI is InChI=1S/C8H11NO2/c1-6-5-7-3-2-4-9(7)8(10)11-6/h5,7H,2-4H2,1H3/t7-/m0/s1. The third-order valence-electron chi connectivity index (χ3n) is 2.21. The molecule has 0 aromatic carbocycles. The number of allylic oxidation sites excluding steroid dienone is 1. The lowest BCUT2D eigenvalue weighted by atomic mass is 10.2. The van der Waals surface area contributed by atoms with Crippen LogP contribution in [0, 0.1) is 0 Å². The van der Waals surface area contributed by atoms with Crippen LogP contribution >= 0.6 is 0 Å². The number of carbonyl (C=O) groups is 1. The predicted molar refractivity (Wildman–Crippen MR) is 40.0 cm³/mol. The van der Waals surface area contributed by atoms with Crippen molar-refractivity contribution in [2.24, 2.45) is 0 Å². The summed E-state index contributed by atoms with van der Waals surface area (Å²) in [7, 11) is 0. The van der Waals surface area contributed by atoms with Crippen LogP contribution in [0.3, 0.4) is 0 Å². The molecule has 2 heterocycles. The molecule has 0 aromatic rings. The molecule has 60 valence electrons. The van der Waals surface area contributed by atoms with Crippen molar-refractivity contribution in [3.8, 4) is 0 Å². The van der Waals surface area contributed by atoms with E-state index in [-0.39, 0.29) is 6.09 Å². The molecule has 2 rings (SSSR count). The van der Waals surface area contributed by atoms with Crippen molar-refractivity contribution in [1.29, 1.82) is 0 Å². The van der Waals surface area contributed by atoms with Gasteiger partial charge in [-0.3, -0.25) is 0 Å². The maximum Gasteiger partial charge on any atom is 0.415 e. The first-order valence-electron chi connectivity index (χ1n) is 3.94. The Morgan fingerprint density at radius 2 is 2.55 bits per heavy atom. The molecular weight excluding hydrogens is 142 g/mol. The highest BCUT2D eigenvalue weighted by molar-refractivity contribution is 5.71. The molecule has 11 heavy (non-hydrogen) atoms. The van der Waals surface area contributed by atoms with Crippen molar-refractivity contribution >= 4 is 6.09 Å². The lowest BCUT2D eigenvalue weighted by Crippen LogP contribution is -2.37. The highest BCUT2D eigenvalue weighted by Crippen LogP contribution is 2.24. The number of hydrogen-bond donors (Lipinski definition) is 0. The van der Waals surface area contributed by atoms with Gasteiger partial charge in [0, 0.05) is 6.54 Å². The van der Waals surface area contributed by atoms with Crippen molar-refractivity contribution in [3.63, 3.8) is 0 Å². The minimum Gasteiger partial charge on any atom is -0.415 e. The molecule has 3 nitrogen and oxygen atoms in total. The second kappa shape index (κ2) is 2.26. The Labute approximate surface area is 65.6 Å². The quantitative estimate of drug-likeness (QED) is 0.528. The second-order valence-electron chi connectivity index (χ2n) is 3.05. The Kier molecular flexibility index (Phi) is 1.37. The van der Waals surface area contributed by atoms with Gasteiger partial charge in [-0.2, -0.15) is 0 Å². The van der Waals surface area contributed by atoms with Crippen LogP contribution in [0.15, 0.2) is 11.8 Å². The van der Waals surface area contributed by atoms with Crippen LogP contribution in [0.2, 0.25) is 0 Å². The van der Waals surface area contributed by atoms with E-state index in [9.17, 15) is 4.79 Å². The Hall–Kier alpha value is -0.990. The van der Waals surface area contributed by atoms with Crippen LogP contribution in [0.4, 0.5) is 4.79 Å². The molecule has 0 unspecified atom stereocenters. The number of nitrogens with zero attached hydrogens (tertiary/aromatic N) is 1. The Morgan fingerprint density at radius 1 is 1.73 bits per heavy atom. The molecule has 0 saturated carbocycles. The molecule has 3 heteroatoms. The molecule has 2 aliphatic heterocycles. The summed E-state index contributed by atoms with van der Waals surface area (Å²) in [5.41, 5.74) is 0. The van der Waals surface area contributed by atoms with Crippen LogP contribution < -0.4 is 0 Å². The largest absolute Gasteiger partial charge is 0.415 e. The van der Waals surface area contributed by atoms with Gasteiger partial charge in [0.25, 0.3) is 0 Å². The number of hydrogen-bond acceptors (Lipinski definition) is 2. The minimum atomic E-state index is -0.174. The van der Waals surface area contributed by atoms with Gasteiger partial charge in [0.05, 0.1) is 6.04 Å². The molecule has 1 saturated heterocycles. The van der Waals surface area contributed by atoms with Crippen molar-refractivity contribution in [1.82, 2.24) is 4.90 Å². The first-order chi connectivity index (χ1) is 5.27. The Bertz CT molecular complexity index is 222. The zero-order valence-corrected chi connectivity index (χ0v) is 6.54. The van der Waals surface area contributed by atoms with E-state index in [1.54, 1.807) is 4.90 Å². The van der Waals surface area contributed by atoms with Gasteiger partial charge < -0.3 is 9.64 Å². The highest BCUT2D eigenvalue weighted by atomic mass is 16.6. The van der Waals surface area contributed by atoms with Crippen molar-refractivity contribution in [2.45, 2.75) is 25.8 Å². The average Bonchev–Trinajstić information content (AvgIpc) is 2.34. The van der Waals surface area contributed by atoms with E-state index in [0.717, 1.165) is 25.1 Å². The zero-order chi connectivity index (χ0) is 7.84.